The fourth-order valence-corrected chi connectivity index (χ4v) is 3.59. The van der Waals surface area contributed by atoms with Crippen LogP contribution in [0.15, 0.2) is 18.3 Å². The molecule has 2 aromatic rings. The lowest BCUT2D eigenvalue weighted by Crippen LogP contribution is -2.47. The van der Waals surface area contributed by atoms with Crippen molar-refractivity contribution in [3.05, 3.63) is 33.9 Å². The number of rotatable bonds is 5. The third-order valence-corrected chi connectivity index (χ3v) is 5.30. The number of aliphatic hydroxyl groups is 1. The Bertz CT molecular complexity index is 808. The summed E-state index contributed by atoms with van der Waals surface area (Å²) in [6.07, 6.45) is 1.51. The second kappa shape index (κ2) is 8.39. The molecule has 26 heavy (non-hydrogen) atoms. The van der Waals surface area contributed by atoms with E-state index in [1.165, 1.54) is 6.20 Å². The van der Waals surface area contributed by atoms with Crippen LogP contribution in [-0.2, 0) is 4.74 Å². The predicted molar refractivity (Wildman–Crippen MR) is 103 cm³/mol. The van der Waals surface area contributed by atoms with Gasteiger partial charge in [-0.3, -0.25) is 9.88 Å². The number of esters is 1. The van der Waals surface area contributed by atoms with E-state index in [4.69, 9.17) is 33.0 Å². The quantitative estimate of drug-likeness (QED) is 0.782. The van der Waals surface area contributed by atoms with Crippen molar-refractivity contribution in [3.8, 4) is 0 Å². The molecule has 6 nitrogen and oxygen atoms in total. The Hall–Kier alpha value is -1.60. The summed E-state index contributed by atoms with van der Waals surface area (Å²) in [5.41, 5.74) is 1.77. The van der Waals surface area contributed by atoms with Gasteiger partial charge in [0.05, 0.1) is 34.5 Å². The average Bonchev–Trinajstić information content (AvgIpc) is 2.65. The number of nitrogens with zero attached hydrogens (tertiary/aromatic N) is 3. The SMILES string of the molecule is CCOC(=O)c1cnc2c(Cl)c(Cl)ccc2c1N1CCN(CCO)CC1. The van der Waals surface area contributed by atoms with Crippen LogP contribution in [0.1, 0.15) is 17.3 Å². The number of halogens is 2. The first kappa shape index (κ1) is 19.2. The lowest BCUT2D eigenvalue weighted by Gasteiger charge is -2.37. The molecular formula is C18H21Cl2N3O3. The van der Waals surface area contributed by atoms with Gasteiger partial charge in [-0.05, 0) is 19.1 Å². The highest BCUT2D eigenvalue weighted by Gasteiger charge is 2.25. The molecule has 0 unspecified atom stereocenters. The van der Waals surface area contributed by atoms with E-state index in [0.717, 1.165) is 37.3 Å². The lowest BCUT2D eigenvalue weighted by atomic mass is 10.1. The Morgan fingerprint density at radius 1 is 1.27 bits per heavy atom. The first-order valence-electron chi connectivity index (χ1n) is 8.58. The van der Waals surface area contributed by atoms with Gasteiger partial charge in [0, 0.05) is 44.3 Å². The van der Waals surface area contributed by atoms with E-state index in [0.29, 0.717) is 34.3 Å². The minimum Gasteiger partial charge on any atom is -0.462 e. The third kappa shape index (κ3) is 3.74. The molecule has 1 aromatic heterocycles. The summed E-state index contributed by atoms with van der Waals surface area (Å²) in [4.78, 5) is 21.2. The van der Waals surface area contributed by atoms with Gasteiger partial charge in [0.1, 0.15) is 5.56 Å². The van der Waals surface area contributed by atoms with Crippen LogP contribution in [0.4, 0.5) is 5.69 Å². The van der Waals surface area contributed by atoms with Crippen molar-refractivity contribution >= 4 is 45.8 Å². The van der Waals surface area contributed by atoms with Crippen LogP contribution in [0, 0.1) is 0 Å². The Morgan fingerprint density at radius 2 is 2.00 bits per heavy atom. The molecule has 3 rings (SSSR count). The maximum Gasteiger partial charge on any atom is 0.341 e. The number of aromatic nitrogens is 1. The normalized spacial score (nSPS) is 15.5. The lowest BCUT2D eigenvalue weighted by molar-refractivity contribution is 0.0526. The summed E-state index contributed by atoms with van der Waals surface area (Å²) in [7, 11) is 0. The molecule has 0 bridgehead atoms. The minimum absolute atomic E-state index is 0.139. The zero-order valence-electron chi connectivity index (χ0n) is 14.5. The van der Waals surface area contributed by atoms with Crippen molar-refractivity contribution in [2.24, 2.45) is 0 Å². The predicted octanol–water partition coefficient (Wildman–Crippen LogP) is 2.83. The summed E-state index contributed by atoms with van der Waals surface area (Å²) in [6.45, 7) is 5.91. The number of fused-ring (bicyclic) bond motifs is 1. The summed E-state index contributed by atoms with van der Waals surface area (Å²) >= 11 is 12.5. The molecule has 0 saturated carbocycles. The average molecular weight is 398 g/mol. The van der Waals surface area contributed by atoms with Crippen molar-refractivity contribution < 1.29 is 14.6 Å². The maximum absolute atomic E-state index is 12.5. The second-order valence-corrected chi connectivity index (χ2v) is 6.84. The van der Waals surface area contributed by atoms with Crippen LogP contribution >= 0.6 is 23.2 Å². The number of anilines is 1. The molecule has 1 aliphatic rings. The van der Waals surface area contributed by atoms with Gasteiger partial charge in [0.15, 0.2) is 0 Å². The van der Waals surface area contributed by atoms with Gasteiger partial charge >= 0.3 is 5.97 Å². The number of pyridine rings is 1. The van der Waals surface area contributed by atoms with Crippen molar-refractivity contribution in [2.75, 3.05) is 50.8 Å². The molecule has 1 saturated heterocycles. The van der Waals surface area contributed by atoms with Gasteiger partial charge in [-0.1, -0.05) is 23.2 Å². The summed E-state index contributed by atoms with van der Waals surface area (Å²) in [5, 5.41) is 10.7. The van der Waals surface area contributed by atoms with E-state index >= 15 is 0 Å². The third-order valence-electron chi connectivity index (χ3n) is 4.50. The van der Waals surface area contributed by atoms with E-state index < -0.39 is 5.97 Å². The summed E-state index contributed by atoms with van der Waals surface area (Å²) in [6, 6.07) is 3.56. The molecule has 0 amide bonds. The monoisotopic (exact) mass is 397 g/mol. The molecule has 0 radical (unpaired) electrons. The fraction of sp³-hybridized carbons (Fsp3) is 0.444. The van der Waals surface area contributed by atoms with Crippen LogP contribution in [0.2, 0.25) is 10.0 Å². The van der Waals surface area contributed by atoms with Gasteiger partial charge in [-0.25, -0.2) is 4.79 Å². The van der Waals surface area contributed by atoms with Crippen LogP contribution < -0.4 is 4.90 Å². The number of ether oxygens (including phenoxy) is 1. The van der Waals surface area contributed by atoms with Gasteiger partial charge in [-0.2, -0.15) is 0 Å². The molecule has 1 aliphatic heterocycles. The first-order chi connectivity index (χ1) is 12.6. The van der Waals surface area contributed by atoms with Crippen molar-refractivity contribution in [1.29, 1.82) is 0 Å². The van der Waals surface area contributed by atoms with E-state index in [9.17, 15) is 4.79 Å². The molecule has 1 aromatic carbocycles. The Labute approximate surface area is 162 Å². The summed E-state index contributed by atoms with van der Waals surface area (Å²) in [5.74, 6) is -0.402. The Morgan fingerprint density at radius 3 is 2.65 bits per heavy atom. The van der Waals surface area contributed by atoms with Gasteiger partial charge in [0.25, 0.3) is 0 Å². The highest BCUT2D eigenvalue weighted by atomic mass is 35.5. The number of aliphatic hydroxyl groups excluding tert-OH is 1. The molecule has 0 aliphatic carbocycles. The van der Waals surface area contributed by atoms with Crippen molar-refractivity contribution in [3.63, 3.8) is 0 Å². The number of carbonyl (C=O) groups is 1. The molecule has 0 spiro atoms. The van der Waals surface area contributed by atoms with Crippen LogP contribution in [0.3, 0.4) is 0 Å². The van der Waals surface area contributed by atoms with Crippen molar-refractivity contribution in [1.82, 2.24) is 9.88 Å². The molecular weight excluding hydrogens is 377 g/mol. The van der Waals surface area contributed by atoms with Gasteiger partial charge < -0.3 is 14.7 Å². The standard InChI is InChI=1S/C18H21Cl2N3O3/c1-2-26-18(25)13-11-21-16-12(3-4-14(19)15(16)20)17(13)23-7-5-22(6-8-23)9-10-24/h3-4,11,24H,2,5-10H2,1H3. The van der Waals surface area contributed by atoms with E-state index in [-0.39, 0.29) is 6.61 Å². The van der Waals surface area contributed by atoms with Crippen LogP contribution in [-0.4, -0.2) is 66.9 Å². The number of benzene rings is 1. The Balaban J connectivity index is 2.06. The summed E-state index contributed by atoms with van der Waals surface area (Å²) < 4.78 is 5.21. The Kier molecular flexibility index (Phi) is 6.19. The smallest absolute Gasteiger partial charge is 0.341 e. The first-order valence-corrected chi connectivity index (χ1v) is 9.34. The van der Waals surface area contributed by atoms with Crippen molar-refractivity contribution in [2.45, 2.75) is 6.92 Å². The van der Waals surface area contributed by atoms with E-state index in [1.54, 1.807) is 13.0 Å². The van der Waals surface area contributed by atoms with Crippen LogP contribution in [0.25, 0.3) is 10.9 Å². The van der Waals surface area contributed by atoms with Gasteiger partial charge in [-0.15, -0.1) is 0 Å². The molecule has 2 heterocycles. The highest BCUT2D eigenvalue weighted by molar-refractivity contribution is 6.45. The number of carbonyl (C=O) groups excluding carboxylic acids is 1. The number of piperazine rings is 1. The number of hydrogen-bond donors (Lipinski definition) is 1. The van der Waals surface area contributed by atoms with E-state index in [2.05, 4.69) is 14.8 Å². The highest BCUT2D eigenvalue weighted by Crippen LogP contribution is 2.37. The second-order valence-electron chi connectivity index (χ2n) is 6.05. The zero-order chi connectivity index (χ0) is 18.7. The van der Waals surface area contributed by atoms with Gasteiger partial charge in [0.2, 0.25) is 0 Å². The minimum atomic E-state index is -0.402. The molecule has 0 atom stereocenters. The number of hydrogen-bond acceptors (Lipinski definition) is 6. The largest absolute Gasteiger partial charge is 0.462 e. The fourth-order valence-electron chi connectivity index (χ4n) is 3.23. The molecule has 8 heteroatoms. The molecule has 1 N–H and O–H groups in total. The number of β-amino-alcohol motifs (C(OH)–C–C–N with tert-alkyl or cyclic N) is 1. The molecule has 1 fully saturated rings. The maximum atomic E-state index is 12.5. The topological polar surface area (TPSA) is 65.9 Å². The van der Waals surface area contributed by atoms with E-state index in [1.807, 2.05) is 6.07 Å². The van der Waals surface area contributed by atoms with Crippen LogP contribution in [0.5, 0.6) is 0 Å². The zero-order valence-corrected chi connectivity index (χ0v) is 16.1. The molecule has 140 valence electrons.